The molecule has 0 saturated carbocycles. The van der Waals surface area contributed by atoms with Gasteiger partial charge in [0, 0.05) is 11.8 Å². The van der Waals surface area contributed by atoms with Gasteiger partial charge in [-0.25, -0.2) is 0 Å². The molecule has 0 aliphatic carbocycles. The number of benzene rings is 2. The fourth-order valence-corrected chi connectivity index (χ4v) is 3.76. The summed E-state index contributed by atoms with van der Waals surface area (Å²) in [5.74, 6) is 1.02. The first-order valence-electron chi connectivity index (χ1n) is 10.2. The minimum Gasteiger partial charge on any atom is -0.497 e. The summed E-state index contributed by atoms with van der Waals surface area (Å²) < 4.78 is 5.33. The van der Waals surface area contributed by atoms with Crippen LogP contribution in [0, 0.1) is 6.92 Å². The topological polar surface area (TPSA) is 46.0 Å². The van der Waals surface area contributed by atoms with Gasteiger partial charge in [0.1, 0.15) is 5.75 Å². The van der Waals surface area contributed by atoms with E-state index in [9.17, 15) is 4.79 Å². The molecule has 1 fully saturated rings. The average molecular weight is 383 g/mol. The van der Waals surface area contributed by atoms with Crippen LogP contribution in [0.25, 0.3) is 0 Å². The minimum atomic E-state index is 0.0885. The molecule has 2 aromatic rings. The molecular weight excluding hydrogens is 350 g/mol. The van der Waals surface area contributed by atoms with Crippen LogP contribution in [-0.4, -0.2) is 45.7 Å². The number of amides is 1. The van der Waals surface area contributed by atoms with Crippen LogP contribution in [0.15, 0.2) is 48.5 Å². The summed E-state index contributed by atoms with van der Waals surface area (Å²) in [7, 11) is 1.69. The van der Waals surface area contributed by atoms with E-state index in [1.165, 1.54) is 21.7 Å². The molecule has 1 heterocycles. The van der Waals surface area contributed by atoms with E-state index < -0.39 is 0 Å². The highest BCUT2D eigenvalue weighted by Crippen LogP contribution is 2.20. The SMILES string of the molecule is CC[C@@H](NC(=O)C[NH+]1CCN(c2cccc(OC)c2)CC1)c1ccc(C)cc1. The van der Waals surface area contributed by atoms with E-state index in [0.717, 1.165) is 38.3 Å². The van der Waals surface area contributed by atoms with Gasteiger partial charge in [-0.05, 0) is 31.0 Å². The number of piperazine rings is 1. The van der Waals surface area contributed by atoms with Crippen molar-refractivity contribution in [3.8, 4) is 5.75 Å². The molecule has 1 aliphatic rings. The van der Waals surface area contributed by atoms with Gasteiger partial charge < -0.3 is 19.9 Å². The van der Waals surface area contributed by atoms with Gasteiger partial charge in [-0.2, -0.15) is 0 Å². The van der Waals surface area contributed by atoms with E-state index in [2.05, 4.69) is 60.5 Å². The number of nitrogens with one attached hydrogen (secondary N) is 2. The van der Waals surface area contributed by atoms with Gasteiger partial charge in [0.15, 0.2) is 6.54 Å². The third-order valence-electron chi connectivity index (χ3n) is 5.52. The van der Waals surface area contributed by atoms with Crippen LogP contribution in [0.1, 0.15) is 30.5 Å². The van der Waals surface area contributed by atoms with Crippen molar-refractivity contribution in [1.82, 2.24) is 5.32 Å². The van der Waals surface area contributed by atoms with E-state index in [-0.39, 0.29) is 11.9 Å². The highest BCUT2D eigenvalue weighted by molar-refractivity contribution is 5.77. The Morgan fingerprint density at radius 1 is 1.18 bits per heavy atom. The molecule has 1 aliphatic heterocycles. The summed E-state index contributed by atoms with van der Waals surface area (Å²) in [6.07, 6.45) is 0.897. The second-order valence-electron chi connectivity index (χ2n) is 7.55. The van der Waals surface area contributed by atoms with Crippen LogP contribution in [-0.2, 0) is 4.79 Å². The zero-order valence-electron chi connectivity index (χ0n) is 17.2. The highest BCUT2D eigenvalue weighted by Gasteiger charge is 2.23. The smallest absolute Gasteiger partial charge is 0.275 e. The number of ether oxygens (including phenoxy) is 1. The van der Waals surface area contributed by atoms with Gasteiger partial charge in [-0.3, -0.25) is 4.79 Å². The third kappa shape index (κ3) is 5.26. The zero-order chi connectivity index (χ0) is 19.9. The number of anilines is 1. The molecule has 0 radical (unpaired) electrons. The van der Waals surface area contributed by atoms with E-state index in [1.54, 1.807) is 7.11 Å². The molecule has 1 saturated heterocycles. The number of carbonyl (C=O) groups excluding carboxylic acids is 1. The van der Waals surface area contributed by atoms with Crippen LogP contribution in [0.4, 0.5) is 5.69 Å². The quantitative estimate of drug-likeness (QED) is 0.770. The fraction of sp³-hybridized carbons (Fsp3) is 0.435. The molecule has 1 atom stereocenters. The molecule has 28 heavy (non-hydrogen) atoms. The third-order valence-corrected chi connectivity index (χ3v) is 5.52. The highest BCUT2D eigenvalue weighted by atomic mass is 16.5. The molecule has 2 N–H and O–H groups in total. The number of hydrogen-bond donors (Lipinski definition) is 2. The lowest BCUT2D eigenvalue weighted by molar-refractivity contribution is -0.892. The Kier molecular flexibility index (Phi) is 6.93. The molecule has 150 valence electrons. The van der Waals surface area contributed by atoms with Crippen LogP contribution >= 0.6 is 0 Å². The lowest BCUT2D eigenvalue weighted by Gasteiger charge is -2.33. The number of carbonyl (C=O) groups is 1. The second-order valence-corrected chi connectivity index (χ2v) is 7.55. The largest absolute Gasteiger partial charge is 0.497 e. The van der Waals surface area contributed by atoms with Crippen molar-refractivity contribution in [2.24, 2.45) is 0 Å². The Morgan fingerprint density at radius 2 is 1.89 bits per heavy atom. The first kappa shape index (κ1) is 20.2. The second kappa shape index (κ2) is 9.60. The standard InChI is InChI=1S/C23H31N3O2/c1-4-22(19-10-8-18(2)9-11-19)24-23(27)17-25-12-14-26(15-13-25)20-6-5-7-21(16-20)28-3/h5-11,16,22H,4,12-15,17H2,1-3H3,(H,24,27)/p+1/t22-/m1/s1. The maximum absolute atomic E-state index is 12.6. The number of quaternary nitrogens is 1. The summed E-state index contributed by atoms with van der Waals surface area (Å²) >= 11 is 0. The number of aryl methyl sites for hydroxylation is 1. The average Bonchev–Trinajstić information content (AvgIpc) is 2.73. The van der Waals surface area contributed by atoms with Crippen molar-refractivity contribution in [3.63, 3.8) is 0 Å². The Morgan fingerprint density at radius 3 is 2.54 bits per heavy atom. The normalized spacial score (nSPS) is 15.9. The maximum atomic E-state index is 12.6. The summed E-state index contributed by atoms with van der Waals surface area (Å²) in [6.45, 7) is 8.56. The van der Waals surface area contributed by atoms with Gasteiger partial charge >= 0.3 is 0 Å². The molecular formula is C23H32N3O2+. The summed E-state index contributed by atoms with van der Waals surface area (Å²) in [4.78, 5) is 16.3. The van der Waals surface area contributed by atoms with Crippen LogP contribution < -0.4 is 19.9 Å². The minimum absolute atomic E-state index is 0.0885. The van der Waals surface area contributed by atoms with Crippen LogP contribution in [0.5, 0.6) is 5.75 Å². The summed E-state index contributed by atoms with van der Waals surface area (Å²) in [6, 6.07) is 16.7. The summed E-state index contributed by atoms with van der Waals surface area (Å²) in [5.41, 5.74) is 3.61. The van der Waals surface area contributed by atoms with Crippen molar-refractivity contribution in [2.75, 3.05) is 44.7 Å². The lowest BCUT2D eigenvalue weighted by atomic mass is 10.0. The lowest BCUT2D eigenvalue weighted by Crippen LogP contribution is -3.16. The van der Waals surface area contributed by atoms with Crippen molar-refractivity contribution in [1.29, 1.82) is 0 Å². The Balaban J connectivity index is 1.49. The van der Waals surface area contributed by atoms with E-state index >= 15 is 0 Å². The summed E-state index contributed by atoms with van der Waals surface area (Å²) in [5, 5.41) is 3.22. The van der Waals surface area contributed by atoms with Gasteiger partial charge in [0.05, 0.1) is 39.3 Å². The van der Waals surface area contributed by atoms with E-state index in [0.29, 0.717) is 6.54 Å². The van der Waals surface area contributed by atoms with Crippen LogP contribution in [0.3, 0.4) is 0 Å². The molecule has 0 bridgehead atoms. The number of methoxy groups -OCH3 is 1. The number of hydrogen-bond acceptors (Lipinski definition) is 3. The van der Waals surface area contributed by atoms with Gasteiger partial charge in [-0.1, -0.05) is 42.8 Å². The Labute approximate surface area is 168 Å². The molecule has 1 amide bonds. The van der Waals surface area contributed by atoms with E-state index in [1.807, 2.05) is 12.1 Å². The molecule has 5 heteroatoms. The van der Waals surface area contributed by atoms with Gasteiger partial charge in [0.2, 0.25) is 0 Å². The molecule has 0 aromatic heterocycles. The van der Waals surface area contributed by atoms with Crippen molar-refractivity contribution >= 4 is 11.6 Å². The number of rotatable bonds is 7. The Bertz CT molecular complexity index is 768. The fourth-order valence-electron chi connectivity index (χ4n) is 3.76. The van der Waals surface area contributed by atoms with Crippen LogP contribution in [0.2, 0.25) is 0 Å². The monoisotopic (exact) mass is 382 g/mol. The molecule has 2 aromatic carbocycles. The number of nitrogens with zero attached hydrogens (tertiary/aromatic N) is 1. The van der Waals surface area contributed by atoms with Gasteiger partial charge in [-0.15, -0.1) is 0 Å². The molecule has 0 spiro atoms. The molecule has 3 rings (SSSR count). The van der Waals surface area contributed by atoms with Gasteiger partial charge in [0.25, 0.3) is 5.91 Å². The van der Waals surface area contributed by atoms with Crippen molar-refractivity contribution in [2.45, 2.75) is 26.3 Å². The Hall–Kier alpha value is -2.53. The van der Waals surface area contributed by atoms with E-state index in [4.69, 9.17) is 4.74 Å². The van der Waals surface area contributed by atoms with Crippen molar-refractivity contribution in [3.05, 3.63) is 59.7 Å². The molecule has 5 nitrogen and oxygen atoms in total. The molecule has 0 unspecified atom stereocenters. The first-order chi connectivity index (χ1) is 13.6. The predicted octanol–water partition coefficient (Wildman–Crippen LogP) is 1.98. The first-order valence-corrected chi connectivity index (χ1v) is 10.2. The predicted molar refractivity (Wildman–Crippen MR) is 113 cm³/mol. The maximum Gasteiger partial charge on any atom is 0.275 e. The van der Waals surface area contributed by atoms with Crippen molar-refractivity contribution < 1.29 is 14.4 Å². The zero-order valence-corrected chi connectivity index (χ0v) is 17.2.